The molecule has 0 saturated carbocycles. The molecule has 1 amide bonds. The Morgan fingerprint density at radius 2 is 1.83 bits per heavy atom. The molecule has 3 heterocycles. The lowest BCUT2D eigenvalue weighted by atomic mass is 10.1. The van der Waals surface area contributed by atoms with E-state index < -0.39 is 21.4 Å². The molecule has 4 rings (SSSR count). The Morgan fingerprint density at radius 3 is 2.54 bits per heavy atom. The number of fused-ring (bicyclic) bond motifs is 3. The van der Waals surface area contributed by atoms with Crippen molar-refractivity contribution in [3.05, 3.63) is 42.7 Å². The zero-order chi connectivity index (χ0) is 16.9. The number of nitrogens with zero attached hydrogens (tertiary/aromatic N) is 3. The van der Waals surface area contributed by atoms with Gasteiger partial charge < -0.3 is 4.90 Å². The maximum atomic E-state index is 13.3. The summed E-state index contributed by atoms with van der Waals surface area (Å²) >= 11 is 0. The number of carbonyl (C=O) groups excluding carboxylic acids is 1. The highest BCUT2D eigenvalue weighted by Crippen LogP contribution is 2.35. The van der Waals surface area contributed by atoms with Gasteiger partial charge in [-0.3, -0.25) is 14.8 Å². The third-order valence-corrected chi connectivity index (χ3v) is 5.33. The van der Waals surface area contributed by atoms with E-state index in [1.54, 1.807) is 36.7 Å². The monoisotopic (exact) mass is 345 g/mol. The molecule has 1 atom stereocenters. The molecule has 1 aliphatic heterocycles. The summed E-state index contributed by atoms with van der Waals surface area (Å²) in [6, 6.07) is 8.88. The van der Waals surface area contributed by atoms with E-state index in [1.165, 1.54) is 4.90 Å². The molecule has 122 valence electrons. The summed E-state index contributed by atoms with van der Waals surface area (Å²) in [5, 5.41) is 0.119. The Bertz CT molecular complexity index is 1080. The summed E-state index contributed by atoms with van der Waals surface area (Å²) in [5.74, 6) is -0.422. The Hall–Kier alpha value is -2.61. The number of carbonyl (C=O) groups is 1. The number of pyridine rings is 2. The minimum atomic E-state index is -4.76. The summed E-state index contributed by atoms with van der Waals surface area (Å²) in [6.07, 6.45) is 2.93. The van der Waals surface area contributed by atoms with Crippen LogP contribution in [0.3, 0.4) is 0 Å². The molecule has 0 bridgehead atoms. The highest BCUT2D eigenvalue weighted by atomic mass is 32.3. The fourth-order valence-corrected chi connectivity index (χ4v) is 3.75. The largest absolute Gasteiger partial charge is 0.310 e. The van der Waals surface area contributed by atoms with Crippen LogP contribution in [0.4, 0.5) is 9.57 Å². The Labute approximate surface area is 137 Å². The van der Waals surface area contributed by atoms with Crippen LogP contribution in [0, 0.1) is 0 Å². The predicted octanol–water partition coefficient (Wildman–Crippen LogP) is 2.19. The molecule has 2 aromatic heterocycles. The van der Waals surface area contributed by atoms with Gasteiger partial charge in [-0.1, -0.05) is 6.07 Å². The van der Waals surface area contributed by atoms with Crippen molar-refractivity contribution in [2.75, 3.05) is 11.4 Å². The molecular weight excluding hydrogens is 333 g/mol. The van der Waals surface area contributed by atoms with Crippen molar-refractivity contribution < 1.29 is 17.1 Å². The lowest BCUT2D eigenvalue weighted by molar-refractivity contribution is -0.117. The Morgan fingerprint density at radius 1 is 1.12 bits per heavy atom. The molecule has 6 nitrogen and oxygen atoms in total. The molecule has 8 heteroatoms. The third-order valence-electron chi connectivity index (χ3n) is 4.22. The summed E-state index contributed by atoms with van der Waals surface area (Å²) in [4.78, 5) is 22.3. The van der Waals surface area contributed by atoms with Gasteiger partial charge >= 0.3 is 10.2 Å². The molecular formula is C16H12FN3O3S. The first-order chi connectivity index (χ1) is 11.4. The van der Waals surface area contributed by atoms with E-state index in [0.29, 0.717) is 22.1 Å². The van der Waals surface area contributed by atoms with Crippen molar-refractivity contribution in [2.24, 2.45) is 0 Å². The first kappa shape index (κ1) is 14.9. The van der Waals surface area contributed by atoms with Gasteiger partial charge in [0, 0.05) is 36.1 Å². The number of halogens is 1. The second kappa shape index (κ2) is 5.20. The molecule has 1 unspecified atom stereocenters. The van der Waals surface area contributed by atoms with Gasteiger partial charge in [0.25, 0.3) is 0 Å². The number of hydrogen-bond donors (Lipinski definition) is 0. The first-order valence-electron chi connectivity index (χ1n) is 7.31. The average Bonchev–Trinajstić information content (AvgIpc) is 2.96. The maximum absolute atomic E-state index is 13.3. The SMILES string of the molecule is O=C1CC(S(=O)(=O)F)CN1c1cc2cccnc2c2ncccc12. The van der Waals surface area contributed by atoms with Gasteiger partial charge in [-0.2, -0.15) is 8.42 Å². The van der Waals surface area contributed by atoms with Gasteiger partial charge in [0.05, 0.1) is 16.7 Å². The second-order valence-electron chi connectivity index (χ2n) is 5.68. The van der Waals surface area contributed by atoms with Crippen molar-refractivity contribution in [3.8, 4) is 0 Å². The van der Waals surface area contributed by atoms with Crippen LogP contribution >= 0.6 is 0 Å². The van der Waals surface area contributed by atoms with E-state index in [-0.39, 0.29) is 13.0 Å². The third kappa shape index (κ3) is 2.30. The molecule has 24 heavy (non-hydrogen) atoms. The Balaban J connectivity index is 1.94. The van der Waals surface area contributed by atoms with Crippen LogP contribution < -0.4 is 4.90 Å². The van der Waals surface area contributed by atoms with Crippen molar-refractivity contribution in [3.63, 3.8) is 0 Å². The zero-order valence-electron chi connectivity index (χ0n) is 12.4. The number of hydrogen-bond acceptors (Lipinski definition) is 5. The van der Waals surface area contributed by atoms with Gasteiger partial charge in [0.1, 0.15) is 5.25 Å². The molecule has 1 fully saturated rings. The molecule has 3 aromatic rings. The Kier molecular flexibility index (Phi) is 3.24. The number of rotatable bonds is 2. The molecule has 0 spiro atoms. The van der Waals surface area contributed by atoms with E-state index in [9.17, 15) is 17.1 Å². The topological polar surface area (TPSA) is 80.2 Å². The zero-order valence-corrected chi connectivity index (χ0v) is 13.2. The number of amides is 1. The van der Waals surface area contributed by atoms with Crippen molar-refractivity contribution in [1.82, 2.24) is 9.97 Å². The summed E-state index contributed by atoms with van der Waals surface area (Å²) < 4.78 is 35.6. The highest BCUT2D eigenvalue weighted by molar-refractivity contribution is 7.87. The summed E-state index contributed by atoms with van der Waals surface area (Å²) in [7, 11) is -4.76. The molecule has 0 N–H and O–H groups in total. The standard InChI is InChI=1S/C16H12FN3O3S/c17-24(22,23)11-8-14(21)20(9-11)13-7-10-3-1-5-18-15(10)16-12(13)4-2-6-19-16/h1-7,11H,8-9H2. The molecule has 1 aromatic carbocycles. The second-order valence-corrected chi connectivity index (χ2v) is 7.29. The van der Waals surface area contributed by atoms with Crippen LogP contribution in [0.5, 0.6) is 0 Å². The van der Waals surface area contributed by atoms with Crippen LogP contribution in [0.1, 0.15) is 6.42 Å². The molecule has 1 aliphatic rings. The van der Waals surface area contributed by atoms with Gasteiger partial charge in [0.15, 0.2) is 0 Å². The summed E-state index contributed by atoms with van der Waals surface area (Å²) in [5.41, 5.74) is 1.83. The quantitative estimate of drug-likeness (QED) is 0.525. The van der Waals surface area contributed by atoms with Crippen LogP contribution in [0.2, 0.25) is 0 Å². The molecule has 0 radical (unpaired) electrons. The number of anilines is 1. The maximum Gasteiger partial charge on any atom is 0.307 e. The van der Waals surface area contributed by atoms with Gasteiger partial charge in [-0.15, -0.1) is 3.89 Å². The van der Waals surface area contributed by atoms with E-state index in [2.05, 4.69) is 9.97 Å². The van der Waals surface area contributed by atoms with Crippen molar-refractivity contribution >= 4 is 43.6 Å². The molecule has 0 aliphatic carbocycles. The average molecular weight is 345 g/mol. The smallest absolute Gasteiger partial charge is 0.307 e. The van der Waals surface area contributed by atoms with Crippen molar-refractivity contribution in [2.45, 2.75) is 11.7 Å². The van der Waals surface area contributed by atoms with Crippen molar-refractivity contribution in [1.29, 1.82) is 0 Å². The minimum absolute atomic E-state index is 0.201. The summed E-state index contributed by atoms with van der Waals surface area (Å²) in [6.45, 7) is -0.201. The normalized spacial score (nSPS) is 18.6. The highest BCUT2D eigenvalue weighted by Gasteiger charge is 2.39. The van der Waals surface area contributed by atoms with Gasteiger partial charge in [-0.25, -0.2) is 0 Å². The first-order valence-corrected chi connectivity index (χ1v) is 8.76. The van der Waals surface area contributed by atoms with E-state index in [4.69, 9.17) is 0 Å². The fourth-order valence-electron chi connectivity index (χ4n) is 3.08. The van der Waals surface area contributed by atoms with E-state index in [0.717, 1.165) is 5.39 Å². The fraction of sp³-hybridized carbons (Fsp3) is 0.188. The van der Waals surface area contributed by atoms with Crippen LogP contribution in [-0.2, 0) is 15.0 Å². The number of aromatic nitrogens is 2. The number of benzene rings is 1. The minimum Gasteiger partial charge on any atom is -0.310 e. The lowest BCUT2D eigenvalue weighted by Gasteiger charge is -2.19. The van der Waals surface area contributed by atoms with Gasteiger partial charge in [-0.05, 0) is 24.3 Å². The predicted molar refractivity (Wildman–Crippen MR) is 87.8 cm³/mol. The van der Waals surface area contributed by atoms with Crippen LogP contribution in [0.25, 0.3) is 21.8 Å². The van der Waals surface area contributed by atoms with Crippen LogP contribution in [-0.4, -0.2) is 36.1 Å². The molecule has 1 saturated heterocycles. The van der Waals surface area contributed by atoms with E-state index >= 15 is 0 Å². The van der Waals surface area contributed by atoms with Gasteiger partial charge in [0.2, 0.25) is 5.91 Å². The van der Waals surface area contributed by atoms with E-state index in [1.807, 2.05) is 6.07 Å². The lowest BCUT2D eigenvalue weighted by Crippen LogP contribution is -2.27. The van der Waals surface area contributed by atoms with Crippen LogP contribution in [0.15, 0.2) is 42.7 Å².